The van der Waals surface area contributed by atoms with Crippen molar-refractivity contribution in [3.8, 4) is 0 Å². The minimum atomic E-state index is -3.97. The number of benzene rings is 1. The van der Waals surface area contributed by atoms with Crippen LogP contribution in [0.25, 0.3) is 0 Å². The van der Waals surface area contributed by atoms with E-state index in [0.717, 1.165) is 18.2 Å². The minimum absolute atomic E-state index is 0.0586. The summed E-state index contributed by atoms with van der Waals surface area (Å²) >= 11 is 0. The summed E-state index contributed by atoms with van der Waals surface area (Å²) < 4.78 is 65.4. The maximum atomic E-state index is 13.9. The lowest BCUT2D eigenvalue weighted by molar-refractivity contribution is 0.462. The second-order valence-corrected chi connectivity index (χ2v) is 9.03. The van der Waals surface area contributed by atoms with Crippen molar-refractivity contribution in [3.63, 3.8) is 0 Å². The highest BCUT2D eigenvalue weighted by atomic mass is 32.2. The largest absolute Gasteiger partial charge is 0.329 e. The van der Waals surface area contributed by atoms with E-state index in [4.69, 9.17) is 5.73 Å². The van der Waals surface area contributed by atoms with Crippen molar-refractivity contribution in [2.75, 3.05) is 17.0 Å². The number of rotatable bonds is 7. The highest BCUT2D eigenvalue weighted by molar-refractivity contribution is 7.92. The molecule has 1 aromatic carbocycles. The summed E-state index contributed by atoms with van der Waals surface area (Å²) in [5.41, 5.74) is 4.25. The van der Waals surface area contributed by atoms with Gasteiger partial charge in [0.25, 0.3) is 0 Å². The molecule has 4 N–H and O–H groups in total. The molecule has 0 saturated heterocycles. The number of anilines is 1. The van der Waals surface area contributed by atoms with Gasteiger partial charge in [-0.25, -0.2) is 25.9 Å². The van der Waals surface area contributed by atoms with E-state index in [-0.39, 0.29) is 22.9 Å². The first kappa shape index (κ1) is 18.8. The van der Waals surface area contributed by atoms with Crippen LogP contribution in [0.2, 0.25) is 0 Å². The number of nitrogens with two attached hydrogens (primary N) is 1. The van der Waals surface area contributed by atoms with Crippen molar-refractivity contribution < 1.29 is 21.2 Å². The summed E-state index contributed by atoms with van der Waals surface area (Å²) in [6, 6.07) is 2.93. The van der Waals surface area contributed by atoms with Crippen LogP contribution in [-0.4, -0.2) is 34.7 Å². The number of sulfonamides is 2. The van der Waals surface area contributed by atoms with Gasteiger partial charge in [-0.3, -0.25) is 4.72 Å². The van der Waals surface area contributed by atoms with Crippen LogP contribution in [0.1, 0.15) is 20.8 Å². The van der Waals surface area contributed by atoms with Crippen LogP contribution in [0.5, 0.6) is 0 Å². The van der Waals surface area contributed by atoms with Gasteiger partial charge in [-0.1, -0.05) is 0 Å². The lowest BCUT2D eigenvalue weighted by atomic mass is 10.1. The lowest BCUT2D eigenvalue weighted by Crippen LogP contribution is -2.48. The topological polar surface area (TPSA) is 118 Å². The van der Waals surface area contributed by atoms with E-state index >= 15 is 0 Å². The van der Waals surface area contributed by atoms with Crippen LogP contribution in [0, 0.1) is 5.82 Å². The molecule has 0 atom stereocenters. The molecule has 22 heavy (non-hydrogen) atoms. The van der Waals surface area contributed by atoms with E-state index in [0.29, 0.717) is 0 Å². The quantitative estimate of drug-likeness (QED) is 0.663. The fourth-order valence-corrected chi connectivity index (χ4v) is 3.53. The van der Waals surface area contributed by atoms with Gasteiger partial charge >= 0.3 is 0 Å². The summed E-state index contributed by atoms with van der Waals surface area (Å²) in [6.07, 6.45) is 0. The van der Waals surface area contributed by atoms with Crippen LogP contribution in [0.3, 0.4) is 0 Å². The Kier molecular flexibility index (Phi) is 5.55. The third-order valence-electron chi connectivity index (χ3n) is 2.82. The summed E-state index contributed by atoms with van der Waals surface area (Å²) in [7, 11) is -7.61. The van der Waals surface area contributed by atoms with Crippen LogP contribution in [0.4, 0.5) is 10.1 Å². The normalized spacial score (nSPS) is 13.1. The van der Waals surface area contributed by atoms with Gasteiger partial charge in [-0.2, -0.15) is 0 Å². The second-order valence-electron chi connectivity index (χ2n) is 5.34. The molecule has 0 fully saturated rings. The molecule has 0 radical (unpaired) electrons. The van der Waals surface area contributed by atoms with E-state index in [1.807, 2.05) is 4.72 Å². The Morgan fingerprint density at radius 2 is 1.82 bits per heavy atom. The molecule has 1 aromatic rings. The first-order valence-electron chi connectivity index (χ1n) is 6.46. The van der Waals surface area contributed by atoms with Crippen LogP contribution in [-0.2, 0) is 20.0 Å². The average Bonchev–Trinajstić information content (AvgIpc) is 2.39. The number of hydrogen-bond donors (Lipinski definition) is 3. The smallest absolute Gasteiger partial charge is 0.241 e. The van der Waals surface area contributed by atoms with Gasteiger partial charge in [0.05, 0.1) is 16.3 Å². The fraction of sp³-hybridized carbons (Fsp3) is 0.500. The first-order valence-corrected chi connectivity index (χ1v) is 9.60. The van der Waals surface area contributed by atoms with Crippen LogP contribution < -0.4 is 15.2 Å². The molecular formula is C12H20FN3O4S2. The molecule has 0 aromatic heterocycles. The molecule has 0 unspecified atom stereocenters. The SMILES string of the molecule is CCS(=O)(=O)Nc1ccc(S(=O)(=O)NC(C)(C)CN)cc1F. The molecule has 0 aliphatic carbocycles. The van der Waals surface area contributed by atoms with Crippen molar-refractivity contribution in [1.29, 1.82) is 0 Å². The average molecular weight is 353 g/mol. The van der Waals surface area contributed by atoms with Crippen molar-refractivity contribution >= 4 is 25.7 Å². The Hall–Kier alpha value is -1.23. The maximum Gasteiger partial charge on any atom is 0.241 e. The molecule has 0 saturated carbocycles. The molecule has 10 heteroatoms. The number of hydrogen-bond acceptors (Lipinski definition) is 5. The minimum Gasteiger partial charge on any atom is -0.329 e. The molecule has 126 valence electrons. The maximum absolute atomic E-state index is 13.9. The van der Waals surface area contributed by atoms with Gasteiger partial charge in [-0.05, 0) is 39.0 Å². The highest BCUT2D eigenvalue weighted by Gasteiger charge is 2.25. The van der Waals surface area contributed by atoms with E-state index in [9.17, 15) is 21.2 Å². The third kappa shape index (κ3) is 4.90. The highest BCUT2D eigenvalue weighted by Crippen LogP contribution is 2.21. The van der Waals surface area contributed by atoms with Crippen molar-refractivity contribution in [1.82, 2.24) is 4.72 Å². The zero-order chi connectivity index (χ0) is 17.2. The molecule has 0 amide bonds. The van der Waals surface area contributed by atoms with Crippen molar-refractivity contribution in [3.05, 3.63) is 24.0 Å². The second kappa shape index (κ2) is 6.49. The van der Waals surface area contributed by atoms with E-state index in [1.54, 1.807) is 13.8 Å². The van der Waals surface area contributed by atoms with Gasteiger partial charge in [0.1, 0.15) is 5.82 Å². The lowest BCUT2D eigenvalue weighted by Gasteiger charge is -2.24. The van der Waals surface area contributed by atoms with Gasteiger partial charge in [0.15, 0.2) is 0 Å². The third-order valence-corrected chi connectivity index (χ3v) is 5.80. The van der Waals surface area contributed by atoms with Gasteiger partial charge in [0, 0.05) is 12.1 Å². The van der Waals surface area contributed by atoms with E-state index < -0.39 is 31.4 Å². The summed E-state index contributed by atoms with van der Waals surface area (Å²) in [5, 5.41) is 0. The number of nitrogens with one attached hydrogen (secondary N) is 2. The molecule has 0 aliphatic rings. The molecule has 1 rings (SSSR count). The molecule has 0 bridgehead atoms. The summed E-state index contributed by atoms with van der Waals surface area (Å²) in [5.74, 6) is -1.20. The van der Waals surface area contributed by atoms with Crippen LogP contribution in [0.15, 0.2) is 23.1 Å². The van der Waals surface area contributed by atoms with Gasteiger partial charge in [0.2, 0.25) is 20.0 Å². The Morgan fingerprint density at radius 1 is 1.23 bits per heavy atom. The molecular weight excluding hydrogens is 333 g/mol. The van der Waals surface area contributed by atoms with Crippen molar-refractivity contribution in [2.45, 2.75) is 31.2 Å². The van der Waals surface area contributed by atoms with E-state index in [1.165, 1.54) is 6.92 Å². The molecule has 0 spiro atoms. The van der Waals surface area contributed by atoms with Crippen molar-refractivity contribution in [2.24, 2.45) is 5.73 Å². The predicted octanol–water partition coefficient (Wildman–Crippen LogP) is 0.603. The molecule has 0 aliphatic heterocycles. The zero-order valence-corrected chi connectivity index (χ0v) is 14.2. The summed E-state index contributed by atoms with van der Waals surface area (Å²) in [4.78, 5) is -0.314. The van der Waals surface area contributed by atoms with Gasteiger partial charge < -0.3 is 5.73 Å². The van der Waals surface area contributed by atoms with Gasteiger partial charge in [-0.15, -0.1) is 0 Å². The monoisotopic (exact) mass is 353 g/mol. The van der Waals surface area contributed by atoms with E-state index in [2.05, 4.69) is 4.72 Å². The summed E-state index contributed by atoms with van der Waals surface area (Å²) in [6.45, 7) is 4.64. The Morgan fingerprint density at radius 3 is 2.27 bits per heavy atom. The predicted molar refractivity (Wildman–Crippen MR) is 82.9 cm³/mol. The number of halogens is 1. The Bertz CT molecular complexity index is 746. The zero-order valence-electron chi connectivity index (χ0n) is 12.6. The fourth-order valence-electron chi connectivity index (χ4n) is 1.45. The molecule has 7 nitrogen and oxygen atoms in total. The standard InChI is InChI=1S/C12H20FN3O4S2/c1-4-21(17,18)15-11-6-5-9(7-10(11)13)22(19,20)16-12(2,3)8-14/h5-7,15-16H,4,8,14H2,1-3H3. The Labute approximate surface area is 130 Å². The first-order chi connectivity index (χ1) is 9.92. The molecule has 0 heterocycles. The van der Waals surface area contributed by atoms with Crippen LogP contribution >= 0.6 is 0 Å². The Balaban J connectivity index is 3.13.